The molecule has 6 heteroatoms. The molecule has 0 unspecified atom stereocenters. The van der Waals surface area contributed by atoms with Crippen molar-refractivity contribution in [2.24, 2.45) is 0 Å². The van der Waals surface area contributed by atoms with E-state index in [1.165, 1.54) is 19.2 Å². The number of hydrogen-bond donors (Lipinski definition) is 1. The summed E-state index contributed by atoms with van der Waals surface area (Å²) in [5.41, 5.74) is 0.161. The van der Waals surface area contributed by atoms with Gasteiger partial charge < -0.3 is 15.0 Å². The number of piperazine rings is 1. The number of methoxy groups -OCH3 is 1. The monoisotopic (exact) mass is 293 g/mol. The molecule has 1 heterocycles. The van der Waals surface area contributed by atoms with E-state index in [2.05, 4.69) is 16.8 Å². The van der Waals surface area contributed by atoms with Crippen molar-refractivity contribution in [1.29, 1.82) is 0 Å². The van der Waals surface area contributed by atoms with E-state index in [4.69, 9.17) is 4.74 Å². The maximum absolute atomic E-state index is 13.8. The molecular formula is C15H20FN3O2. The van der Waals surface area contributed by atoms with Gasteiger partial charge in [-0.05, 0) is 12.1 Å². The highest BCUT2D eigenvalue weighted by molar-refractivity contribution is 5.89. The SMILES string of the molecule is C=CCN1CCN(C(=O)Nc2ccc(OC)cc2F)CC1. The van der Waals surface area contributed by atoms with Crippen LogP contribution in [-0.4, -0.2) is 55.7 Å². The molecule has 0 saturated carbocycles. The molecule has 0 aromatic heterocycles. The molecule has 1 saturated heterocycles. The molecule has 1 aromatic rings. The number of anilines is 1. The third-order valence-corrected chi connectivity index (χ3v) is 3.46. The van der Waals surface area contributed by atoms with Gasteiger partial charge in [0, 0.05) is 38.8 Å². The number of carbonyl (C=O) groups is 1. The van der Waals surface area contributed by atoms with Crippen LogP contribution in [0.25, 0.3) is 0 Å². The summed E-state index contributed by atoms with van der Waals surface area (Å²) in [5.74, 6) is -0.0865. The second-order valence-corrected chi connectivity index (χ2v) is 4.85. The number of hydrogen-bond acceptors (Lipinski definition) is 3. The Kier molecular flexibility index (Phi) is 5.16. The van der Waals surface area contributed by atoms with Gasteiger partial charge >= 0.3 is 6.03 Å². The quantitative estimate of drug-likeness (QED) is 0.865. The summed E-state index contributed by atoms with van der Waals surface area (Å²) in [7, 11) is 1.47. The molecule has 0 atom stereocenters. The third kappa shape index (κ3) is 3.95. The van der Waals surface area contributed by atoms with E-state index in [1.54, 1.807) is 11.0 Å². The molecule has 21 heavy (non-hydrogen) atoms. The molecule has 1 aliphatic rings. The minimum absolute atomic E-state index is 0.161. The molecule has 2 amide bonds. The molecule has 0 radical (unpaired) electrons. The van der Waals surface area contributed by atoms with E-state index in [-0.39, 0.29) is 11.7 Å². The van der Waals surface area contributed by atoms with Gasteiger partial charge in [0.05, 0.1) is 12.8 Å². The van der Waals surface area contributed by atoms with Crippen LogP contribution in [0.3, 0.4) is 0 Å². The van der Waals surface area contributed by atoms with Crippen LogP contribution in [0, 0.1) is 5.82 Å². The lowest BCUT2D eigenvalue weighted by Gasteiger charge is -2.34. The number of urea groups is 1. The third-order valence-electron chi connectivity index (χ3n) is 3.46. The highest BCUT2D eigenvalue weighted by Gasteiger charge is 2.21. The van der Waals surface area contributed by atoms with Crippen LogP contribution in [0.2, 0.25) is 0 Å². The molecule has 0 spiro atoms. The van der Waals surface area contributed by atoms with Gasteiger partial charge in [-0.2, -0.15) is 0 Å². The Labute approximate surface area is 124 Å². The second-order valence-electron chi connectivity index (χ2n) is 4.85. The van der Waals surface area contributed by atoms with E-state index in [9.17, 15) is 9.18 Å². The van der Waals surface area contributed by atoms with Crippen molar-refractivity contribution in [3.05, 3.63) is 36.7 Å². The average Bonchev–Trinajstić information content (AvgIpc) is 2.50. The van der Waals surface area contributed by atoms with Crippen LogP contribution < -0.4 is 10.1 Å². The van der Waals surface area contributed by atoms with Crippen LogP contribution in [0.5, 0.6) is 5.75 Å². The summed E-state index contributed by atoms with van der Waals surface area (Å²) < 4.78 is 18.7. The normalized spacial score (nSPS) is 15.6. The maximum Gasteiger partial charge on any atom is 0.322 e. The fourth-order valence-electron chi connectivity index (χ4n) is 2.23. The molecule has 1 aliphatic heterocycles. The fourth-order valence-corrected chi connectivity index (χ4v) is 2.23. The van der Waals surface area contributed by atoms with Crippen molar-refractivity contribution in [3.8, 4) is 5.75 Å². The van der Waals surface area contributed by atoms with Gasteiger partial charge in [0.1, 0.15) is 11.6 Å². The van der Waals surface area contributed by atoms with Crippen molar-refractivity contribution in [2.75, 3.05) is 45.2 Å². The predicted molar refractivity (Wildman–Crippen MR) is 80.2 cm³/mol. The molecule has 2 rings (SSSR count). The average molecular weight is 293 g/mol. The van der Waals surface area contributed by atoms with Crippen LogP contribution in [0.4, 0.5) is 14.9 Å². The number of rotatable bonds is 4. The standard InChI is InChI=1S/C15H20FN3O2/c1-3-6-18-7-9-19(10-8-18)15(20)17-14-5-4-12(21-2)11-13(14)16/h3-5,11H,1,6-10H2,2H3,(H,17,20). The van der Waals surface area contributed by atoms with E-state index >= 15 is 0 Å². The zero-order valence-electron chi connectivity index (χ0n) is 12.1. The van der Waals surface area contributed by atoms with Crippen LogP contribution in [-0.2, 0) is 0 Å². The highest BCUT2D eigenvalue weighted by Crippen LogP contribution is 2.20. The molecule has 114 valence electrons. The fraction of sp³-hybridized carbons (Fsp3) is 0.400. The van der Waals surface area contributed by atoms with Crippen molar-refractivity contribution in [1.82, 2.24) is 9.80 Å². The number of benzene rings is 1. The lowest BCUT2D eigenvalue weighted by atomic mass is 10.3. The predicted octanol–water partition coefficient (Wildman–Crippen LogP) is 2.17. The lowest BCUT2D eigenvalue weighted by Crippen LogP contribution is -2.49. The van der Waals surface area contributed by atoms with E-state index < -0.39 is 5.82 Å². The van der Waals surface area contributed by atoms with Crippen molar-refractivity contribution in [3.63, 3.8) is 0 Å². The first-order valence-electron chi connectivity index (χ1n) is 6.86. The van der Waals surface area contributed by atoms with Gasteiger partial charge in [0.15, 0.2) is 0 Å². The summed E-state index contributed by atoms with van der Waals surface area (Å²) in [4.78, 5) is 16.0. The van der Waals surface area contributed by atoms with E-state index in [1.807, 2.05) is 6.08 Å². The van der Waals surface area contributed by atoms with E-state index in [0.29, 0.717) is 18.8 Å². The molecular weight excluding hydrogens is 273 g/mol. The smallest absolute Gasteiger partial charge is 0.322 e. The second kappa shape index (κ2) is 7.08. The Morgan fingerprint density at radius 1 is 1.43 bits per heavy atom. The first-order chi connectivity index (χ1) is 10.1. The van der Waals surface area contributed by atoms with Crippen LogP contribution in [0.15, 0.2) is 30.9 Å². The summed E-state index contributed by atoms with van der Waals surface area (Å²) in [6.45, 7) is 7.36. The van der Waals surface area contributed by atoms with Crippen LogP contribution >= 0.6 is 0 Å². The number of nitrogens with zero attached hydrogens (tertiary/aromatic N) is 2. The van der Waals surface area contributed by atoms with Gasteiger partial charge in [0.25, 0.3) is 0 Å². The molecule has 5 nitrogen and oxygen atoms in total. The topological polar surface area (TPSA) is 44.8 Å². The number of ether oxygens (including phenoxy) is 1. The van der Waals surface area contributed by atoms with Gasteiger partial charge in [-0.25, -0.2) is 9.18 Å². The van der Waals surface area contributed by atoms with Crippen LogP contribution in [0.1, 0.15) is 0 Å². The summed E-state index contributed by atoms with van der Waals surface area (Å²) in [6.07, 6.45) is 1.85. The molecule has 0 aliphatic carbocycles. The number of halogens is 1. The Hall–Kier alpha value is -2.08. The van der Waals surface area contributed by atoms with Crippen molar-refractivity contribution >= 4 is 11.7 Å². The van der Waals surface area contributed by atoms with Crippen molar-refractivity contribution in [2.45, 2.75) is 0 Å². The van der Waals surface area contributed by atoms with E-state index in [0.717, 1.165) is 19.6 Å². The first kappa shape index (κ1) is 15.3. The minimum Gasteiger partial charge on any atom is -0.497 e. The summed E-state index contributed by atoms with van der Waals surface area (Å²) >= 11 is 0. The largest absolute Gasteiger partial charge is 0.497 e. The van der Waals surface area contributed by atoms with Gasteiger partial charge in [0.2, 0.25) is 0 Å². The molecule has 0 bridgehead atoms. The van der Waals surface area contributed by atoms with Gasteiger partial charge in [-0.1, -0.05) is 6.08 Å². The minimum atomic E-state index is -0.506. The Bertz CT molecular complexity index is 514. The molecule has 1 N–H and O–H groups in total. The molecule has 1 fully saturated rings. The first-order valence-corrected chi connectivity index (χ1v) is 6.86. The summed E-state index contributed by atoms with van der Waals surface area (Å²) in [5, 5.41) is 2.60. The zero-order valence-corrected chi connectivity index (χ0v) is 12.1. The Balaban J connectivity index is 1.91. The Morgan fingerprint density at radius 3 is 2.71 bits per heavy atom. The maximum atomic E-state index is 13.8. The zero-order chi connectivity index (χ0) is 15.2. The lowest BCUT2D eigenvalue weighted by molar-refractivity contribution is 0.155. The van der Waals surface area contributed by atoms with Crippen molar-refractivity contribution < 1.29 is 13.9 Å². The number of nitrogens with one attached hydrogen (secondary N) is 1. The number of carbonyl (C=O) groups excluding carboxylic acids is 1. The summed E-state index contributed by atoms with van der Waals surface area (Å²) in [6, 6.07) is 4.08. The van der Waals surface area contributed by atoms with Gasteiger partial charge in [-0.3, -0.25) is 4.90 Å². The number of amides is 2. The Morgan fingerprint density at radius 2 is 2.14 bits per heavy atom. The highest BCUT2D eigenvalue weighted by atomic mass is 19.1. The molecule has 1 aromatic carbocycles. The van der Waals surface area contributed by atoms with Gasteiger partial charge in [-0.15, -0.1) is 6.58 Å².